The third-order valence-corrected chi connectivity index (χ3v) is 5.35. The normalized spacial score (nSPS) is 10.8. The van der Waals surface area contributed by atoms with Crippen LogP contribution in [0.1, 0.15) is 21.7 Å². The van der Waals surface area contributed by atoms with Crippen LogP contribution >= 0.6 is 11.3 Å². The van der Waals surface area contributed by atoms with E-state index in [2.05, 4.69) is 15.4 Å². The van der Waals surface area contributed by atoms with Gasteiger partial charge in [-0.2, -0.15) is 5.10 Å². The average Bonchev–Trinajstić information content (AvgIpc) is 3.38. The van der Waals surface area contributed by atoms with Crippen LogP contribution in [0.5, 0.6) is 0 Å². The molecule has 5 nitrogen and oxygen atoms in total. The lowest BCUT2D eigenvalue weighted by Crippen LogP contribution is -2.25. The van der Waals surface area contributed by atoms with E-state index in [1.807, 2.05) is 83.8 Å². The van der Waals surface area contributed by atoms with Crippen LogP contribution < -0.4 is 5.32 Å². The van der Waals surface area contributed by atoms with E-state index in [1.165, 1.54) is 0 Å². The van der Waals surface area contributed by atoms with Crippen LogP contribution in [0, 0.1) is 6.92 Å². The highest BCUT2D eigenvalue weighted by atomic mass is 32.1. The fourth-order valence-electron chi connectivity index (χ4n) is 2.88. The Labute approximate surface area is 167 Å². The largest absolute Gasteiger partial charge is 0.352 e. The van der Waals surface area contributed by atoms with Crippen molar-refractivity contribution in [2.45, 2.75) is 13.3 Å². The number of aryl methyl sites for hydroxylation is 1. The van der Waals surface area contributed by atoms with E-state index in [9.17, 15) is 4.79 Å². The molecule has 1 N–H and O–H groups in total. The molecule has 2 aromatic carbocycles. The minimum atomic E-state index is -0.0793. The SMILES string of the molecule is Cc1csc(-c2ccc(C(=O)NCCc3ccn(-c4ccccc4)n3)cc2)n1. The molecule has 0 aliphatic heterocycles. The monoisotopic (exact) mass is 388 g/mol. The highest BCUT2D eigenvalue weighted by molar-refractivity contribution is 7.13. The van der Waals surface area contributed by atoms with Gasteiger partial charge in [0.05, 0.1) is 11.4 Å². The van der Waals surface area contributed by atoms with E-state index in [0.29, 0.717) is 18.5 Å². The number of thiazole rings is 1. The smallest absolute Gasteiger partial charge is 0.251 e. The Morgan fingerprint density at radius 1 is 1.07 bits per heavy atom. The van der Waals surface area contributed by atoms with Crippen LogP contribution in [-0.4, -0.2) is 27.2 Å². The maximum atomic E-state index is 12.4. The van der Waals surface area contributed by atoms with E-state index in [4.69, 9.17) is 0 Å². The second kappa shape index (κ2) is 8.19. The van der Waals surface area contributed by atoms with Gasteiger partial charge in [-0.15, -0.1) is 11.3 Å². The molecule has 1 amide bonds. The molecule has 4 aromatic rings. The first-order valence-electron chi connectivity index (χ1n) is 9.10. The molecule has 0 fully saturated rings. The first-order valence-corrected chi connectivity index (χ1v) is 9.98. The minimum absolute atomic E-state index is 0.0793. The van der Waals surface area contributed by atoms with Gasteiger partial charge < -0.3 is 5.32 Å². The number of hydrogen-bond acceptors (Lipinski definition) is 4. The molecule has 2 aromatic heterocycles. The van der Waals surface area contributed by atoms with Gasteiger partial charge in [0, 0.05) is 41.4 Å². The van der Waals surface area contributed by atoms with Gasteiger partial charge >= 0.3 is 0 Å². The van der Waals surface area contributed by atoms with E-state index < -0.39 is 0 Å². The average molecular weight is 388 g/mol. The Hall–Kier alpha value is -3.25. The van der Waals surface area contributed by atoms with Crippen molar-refractivity contribution in [1.29, 1.82) is 0 Å². The molecule has 6 heteroatoms. The summed E-state index contributed by atoms with van der Waals surface area (Å²) in [5.41, 5.74) is 4.65. The number of hydrogen-bond donors (Lipinski definition) is 1. The quantitative estimate of drug-likeness (QED) is 0.536. The lowest BCUT2D eigenvalue weighted by atomic mass is 10.1. The lowest BCUT2D eigenvalue weighted by molar-refractivity contribution is 0.0954. The first kappa shape index (κ1) is 18.1. The molecule has 0 bridgehead atoms. The van der Waals surface area contributed by atoms with Crippen molar-refractivity contribution in [2.24, 2.45) is 0 Å². The lowest BCUT2D eigenvalue weighted by Gasteiger charge is -2.05. The highest BCUT2D eigenvalue weighted by Gasteiger charge is 2.08. The van der Waals surface area contributed by atoms with Gasteiger partial charge in [-0.3, -0.25) is 4.79 Å². The topological polar surface area (TPSA) is 59.8 Å². The van der Waals surface area contributed by atoms with E-state index in [-0.39, 0.29) is 5.91 Å². The predicted octanol–water partition coefficient (Wildman–Crippen LogP) is 4.28. The molecular weight excluding hydrogens is 368 g/mol. The highest BCUT2D eigenvalue weighted by Crippen LogP contribution is 2.23. The second-order valence-electron chi connectivity index (χ2n) is 6.46. The molecule has 0 aliphatic carbocycles. The fourth-order valence-corrected chi connectivity index (χ4v) is 3.68. The van der Waals surface area contributed by atoms with Crippen molar-refractivity contribution in [3.63, 3.8) is 0 Å². The molecule has 140 valence electrons. The van der Waals surface area contributed by atoms with Crippen molar-refractivity contribution in [1.82, 2.24) is 20.1 Å². The number of nitrogens with zero attached hydrogens (tertiary/aromatic N) is 3. The van der Waals surface area contributed by atoms with Gasteiger partial charge in [-0.25, -0.2) is 9.67 Å². The molecule has 0 spiro atoms. The maximum Gasteiger partial charge on any atom is 0.251 e. The minimum Gasteiger partial charge on any atom is -0.352 e. The number of para-hydroxylation sites is 1. The Morgan fingerprint density at radius 3 is 2.57 bits per heavy atom. The van der Waals surface area contributed by atoms with E-state index >= 15 is 0 Å². The van der Waals surface area contributed by atoms with Gasteiger partial charge in [0.1, 0.15) is 5.01 Å². The van der Waals surface area contributed by atoms with Crippen LogP contribution in [0.15, 0.2) is 72.2 Å². The maximum absolute atomic E-state index is 12.4. The zero-order chi connectivity index (χ0) is 19.3. The Bertz CT molecular complexity index is 1070. The number of nitrogens with one attached hydrogen (secondary N) is 1. The summed E-state index contributed by atoms with van der Waals surface area (Å²) in [6, 6.07) is 19.5. The van der Waals surface area contributed by atoms with Crippen LogP contribution in [0.2, 0.25) is 0 Å². The second-order valence-corrected chi connectivity index (χ2v) is 7.32. The molecule has 0 aliphatic rings. The third-order valence-electron chi connectivity index (χ3n) is 4.34. The molecule has 0 saturated carbocycles. The Morgan fingerprint density at radius 2 is 1.86 bits per heavy atom. The zero-order valence-electron chi connectivity index (χ0n) is 15.5. The summed E-state index contributed by atoms with van der Waals surface area (Å²) < 4.78 is 1.84. The molecule has 0 unspecified atom stereocenters. The van der Waals surface area contributed by atoms with Crippen LogP contribution in [-0.2, 0) is 6.42 Å². The van der Waals surface area contributed by atoms with Gasteiger partial charge in [0.25, 0.3) is 5.91 Å². The molecule has 2 heterocycles. The molecule has 28 heavy (non-hydrogen) atoms. The van der Waals surface area contributed by atoms with Crippen molar-refractivity contribution in [3.8, 4) is 16.3 Å². The summed E-state index contributed by atoms with van der Waals surface area (Å²) in [7, 11) is 0. The molecule has 4 rings (SSSR count). The summed E-state index contributed by atoms with van der Waals surface area (Å²) in [5.74, 6) is -0.0793. The molecule has 0 radical (unpaired) electrons. The van der Waals surface area contributed by atoms with Crippen molar-refractivity contribution in [3.05, 3.63) is 89.2 Å². The number of amides is 1. The Kier molecular flexibility index (Phi) is 5.30. The van der Waals surface area contributed by atoms with Crippen molar-refractivity contribution in [2.75, 3.05) is 6.54 Å². The van der Waals surface area contributed by atoms with Crippen molar-refractivity contribution < 1.29 is 4.79 Å². The van der Waals surface area contributed by atoms with Gasteiger partial charge in [0.2, 0.25) is 0 Å². The summed E-state index contributed by atoms with van der Waals surface area (Å²) in [6.07, 6.45) is 2.62. The van der Waals surface area contributed by atoms with Crippen LogP contribution in [0.3, 0.4) is 0 Å². The number of aromatic nitrogens is 3. The predicted molar refractivity (Wildman–Crippen MR) is 112 cm³/mol. The number of carbonyl (C=O) groups is 1. The van der Waals surface area contributed by atoms with Gasteiger partial charge in [-0.1, -0.05) is 30.3 Å². The van der Waals surface area contributed by atoms with Crippen LogP contribution in [0.25, 0.3) is 16.3 Å². The molecule has 0 saturated heterocycles. The molecular formula is C22H20N4OS. The summed E-state index contributed by atoms with van der Waals surface area (Å²) in [4.78, 5) is 16.8. The third kappa shape index (κ3) is 4.18. The molecule has 0 atom stereocenters. The van der Waals surface area contributed by atoms with Gasteiger partial charge in [-0.05, 0) is 37.3 Å². The number of rotatable bonds is 6. The van der Waals surface area contributed by atoms with Crippen molar-refractivity contribution >= 4 is 17.2 Å². The zero-order valence-corrected chi connectivity index (χ0v) is 16.3. The summed E-state index contributed by atoms with van der Waals surface area (Å²) in [6.45, 7) is 2.52. The summed E-state index contributed by atoms with van der Waals surface area (Å²) >= 11 is 1.61. The van der Waals surface area contributed by atoms with Gasteiger partial charge in [0.15, 0.2) is 0 Å². The standard InChI is InChI=1S/C22H20N4OS/c1-16-15-28-22(24-16)18-9-7-17(8-10-18)21(27)23-13-11-19-12-14-26(25-19)20-5-3-2-4-6-20/h2-10,12,14-15H,11,13H2,1H3,(H,23,27). The number of carbonyl (C=O) groups excluding carboxylic acids is 1. The summed E-state index contributed by atoms with van der Waals surface area (Å²) in [5, 5.41) is 10.5. The Balaban J connectivity index is 1.32. The fraction of sp³-hybridized carbons (Fsp3) is 0.136. The van der Waals surface area contributed by atoms with E-state index in [0.717, 1.165) is 27.6 Å². The first-order chi connectivity index (χ1) is 13.7. The van der Waals surface area contributed by atoms with E-state index in [1.54, 1.807) is 11.3 Å². The van der Waals surface area contributed by atoms with Crippen LogP contribution in [0.4, 0.5) is 0 Å². The number of benzene rings is 2.